The number of alkyl halides is 3. The van der Waals surface area contributed by atoms with E-state index in [4.69, 9.17) is 0 Å². The zero-order valence-corrected chi connectivity index (χ0v) is 14.2. The molecule has 0 aliphatic rings. The first-order chi connectivity index (χ1) is 11.6. The average molecular weight is 369 g/mol. The molecule has 0 fully saturated rings. The van der Waals surface area contributed by atoms with E-state index in [0.717, 1.165) is 12.1 Å². The minimum absolute atomic E-state index is 0.00644. The van der Waals surface area contributed by atoms with Gasteiger partial charge < -0.3 is 4.57 Å². The highest BCUT2D eigenvalue weighted by atomic mass is 32.2. The van der Waals surface area contributed by atoms with E-state index in [9.17, 15) is 21.6 Å². The Morgan fingerprint density at radius 2 is 1.92 bits per heavy atom. The Balaban J connectivity index is 2.26. The van der Waals surface area contributed by atoms with Crippen LogP contribution in [0.4, 0.5) is 13.2 Å². The Bertz CT molecular complexity index is 1060. The molecule has 0 N–H and O–H groups in total. The monoisotopic (exact) mass is 369 g/mol. The molecule has 1 aromatic carbocycles. The Morgan fingerprint density at radius 3 is 2.56 bits per heavy atom. The molecule has 0 aliphatic carbocycles. The minimum Gasteiger partial charge on any atom is -0.326 e. The first-order valence-corrected chi connectivity index (χ1v) is 9.02. The van der Waals surface area contributed by atoms with E-state index >= 15 is 0 Å². The number of hydrogen-bond donors (Lipinski definition) is 0. The largest absolute Gasteiger partial charge is 0.416 e. The van der Waals surface area contributed by atoms with Crippen LogP contribution in [0.2, 0.25) is 0 Å². The predicted octanol–water partition coefficient (Wildman–Crippen LogP) is 3.45. The lowest BCUT2D eigenvalue weighted by Gasteiger charge is -2.08. The van der Waals surface area contributed by atoms with E-state index in [1.54, 1.807) is 7.05 Å². The molecule has 0 atom stereocenters. The van der Waals surface area contributed by atoms with Crippen molar-refractivity contribution in [3.63, 3.8) is 0 Å². The van der Waals surface area contributed by atoms with Gasteiger partial charge in [0.1, 0.15) is 5.69 Å². The molecule has 25 heavy (non-hydrogen) atoms. The molecule has 3 aromatic rings. The number of aromatic nitrogens is 3. The van der Waals surface area contributed by atoms with Gasteiger partial charge in [0.2, 0.25) is 0 Å². The van der Waals surface area contributed by atoms with E-state index in [1.165, 1.54) is 35.9 Å². The van der Waals surface area contributed by atoms with Crippen LogP contribution in [0.3, 0.4) is 0 Å². The van der Waals surface area contributed by atoms with Crippen LogP contribution in [0.25, 0.3) is 22.6 Å². The van der Waals surface area contributed by atoms with Crippen LogP contribution in [-0.4, -0.2) is 28.7 Å². The fourth-order valence-corrected chi connectivity index (χ4v) is 3.59. The standard InChI is InChI=1S/C16H14F3N3O2S/c1-3-25(23,24)13-5-4-8-20-14(13)15-21-11-9-10(16(17,18)19)6-7-12(11)22(15)2/h4-9H,3H2,1-2H3. The van der Waals surface area contributed by atoms with E-state index in [2.05, 4.69) is 9.97 Å². The third kappa shape index (κ3) is 2.99. The second kappa shape index (κ2) is 5.83. The number of benzene rings is 1. The lowest BCUT2D eigenvalue weighted by molar-refractivity contribution is -0.137. The Morgan fingerprint density at radius 1 is 1.20 bits per heavy atom. The van der Waals surface area contributed by atoms with Crippen molar-refractivity contribution in [1.29, 1.82) is 0 Å². The van der Waals surface area contributed by atoms with Crippen LogP contribution in [0.1, 0.15) is 12.5 Å². The van der Waals surface area contributed by atoms with Gasteiger partial charge in [-0.05, 0) is 30.3 Å². The van der Waals surface area contributed by atoms with E-state index < -0.39 is 21.6 Å². The Labute approximate surface area is 142 Å². The molecule has 0 unspecified atom stereocenters. The Hall–Kier alpha value is -2.42. The molecule has 132 valence electrons. The van der Waals surface area contributed by atoms with Gasteiger partial charge in [0, 0.05) is 13.2 Å². The van der Waals surface area contributed by atoms with Crippen LogP contribution in [-0.2, 0) is 23.1 Å². The predicted molar refractivity (Wildman–Crippen MR) is 86.7 cm³/mol. The van der Waals surface area contributed by atoms with Gasteiger partial charge in [-0.3, -0.25) is 4.98 Å². The van der Waals surface area contributed by atoms with Gasteiger partial charge >= 0.3 is 6.18 Å². The fourth-order valence-electron chi connectivity index (χ4n) is 2.55. The van der Waals surface area contributed by atoms with Gasteiger partial charge in [-0.15, -0.1) is 0 Å². The van der Waals surface area contributed by atoms with Crippen molar-refractivity contribution in [2.24, 2.45) is 7.05 Å². The van der Waals surface area contributed by atoms with E-state index in [0.29, 0.717) is 5.52 Å². The van der Waals surface area contributed by atoms with Crippen LogP contribution in [0, 0.1) is 0 Å². The number of sulfone groups is 1. The smallest absolute Gasteiger partial charge is 0.326 e. The molecule has 9 heteroatoms. The molecule has 0 amide bonds. The minimum atomic E-state index is -4.48. The maximum Gasteiger partial charge on any atom is 0.416 e. The maximum absolute atomic E-state index is 12.9. The molecule has 0 aliphatic heterocycles. The molecule has 0 saturated heterocycles. The number of rotatable bonds is 3. The average Bonchev–Trinajstić information content (AvgIpc) is 2.90. The summed E-state index contributed by atoms with van der Waals surface area (Å²) in [5.41, 5.74) is -0.116. The molecular weight excluding hydrogens is 355 g/mol. The van der Waals surface area contributed by atoms with Crippen molar-refractivity contribution in [2.75, 3.05) is 5.75 Å². The zero-order chi connectivity index (χ0) is 18.4. The van der Waals surface area contributed by atoms with Crippen LogP contribution in [0.15, 0.2) is 41.4 Å². The lowest BCUT2D eigenvalue weighted by atomic mass is 10.2. The number of halogens is 3. The summed E-state index contributed by atoms with van der Waals surface area (Å²) in [5, 5.41) is 0. The number of nitrogens with zero attached hydrogens (tertiary/aromatic N) is 3. The number of hydrogen-bond acceptors (Lipinski definition) is 4. The highest BCUT2D eigenvalue weighted by Crippen LogP contribution is 2.33. The zero-order valence-electron chi connectivity index (χ0n) is 13.4. The first-order valence-electron chi connectivity index (χ1n) is 7.37. The highest BCUT2D eigenvalue weighted by Gasteiger charge is 2.31. The van der Waals surface area contributed by atoms with Gasteiger partial charge in [0.25, 0.3) is 0 Å². The summed E-state index contributed by atoms with van der Waals surface area (Å²) >= 11 is 0. The number of imidazole rings is 1. The summed E-state index contributed by atoms with van der Waals surface area (Å²) in [6, 6.07) is 6.13. The number of fused-ring (bicyclic) bond motifs is 1. The summed E-state index contributed by atoms with van der Waals surface area (Å²) in [7, 11) is -1.95. The summed E-state index contributed by atoms with van der Waals surface area (Å²) in [5.74, 6) is 0.0790. The molecule has 0 bridgehead atoms. The molecule has 2 heterocycles. The summed E-state index contributed by atoms with van der Waals surface area (Å²) < 4.78 is 64.8. The summed E-state index contributed by atoms with van der Waals surface area (Å²) in [6.07, 6.45) is -3.06. The van der Waals surface area contributed by atoms with Crippen molar-refractivity contribution >= 4 is 20.9 Å². The summed E-state index contributed by atoms with van der Waals surface area (Å²) in [4.78, 5) is 8.31. The molecule has 0 saturated carbocycles. The first kappa shape index (κ1) is 17.4. The quantitative estimate of drug-likeness (QED) is 0.709. The highest BCUT2D eigenvalue weighted by molar-refractivity contribution is 7.91. The molecule has 2 aromatic heterocycles. The third-order valence-electron chi connectivity index (χ3n) is 3.91. The SMILES string of the molecule is CCS(=O)(=O)c1cccnc1-c1nc2cc(C(F)(F)F)ccc2n1C. The summed E-state index contributed by atoms with van der Waals surface area (Å²) in [6.45, 7) is 1.51. The normalized spacial score (nSPS) is 12.7. The second-order valence-electron chi connectivity index (χ2n) is 5.45. The molecule has 0 radical (unpaired) electrons. The molecular formula is C16H14F3N3O2S. The van der Waals surface area contributed by atoms with Crippen molar-refractivity contribution in [1.82, 2.24) is 14.5 Å². The lowest BCUT2D eigenvalue weighted by Crippen LogP contribution is -2.08. The van der Waals surface area contributed by atoms with Gasteiger partial charge in [0.05, 0.1) is 27.2 Å². The maximum atomic E-state index is 12.9. The topological polar surface area (TPSA) is 64.8 Å². The van der Waals surface area contributed by atoms with Crippen LogP contribution >= 0.6 is 0 Å². The third-order valence-corrected chi connectivity index (χ3v) is 5.67. The number of aryl methyl sites for hydroxylation is 1. The fraction of sp³-hybridized carbons (Fsp3) is 0.250. The van der Waals surface area contributed by atoms with Crippen molar-refractivity contribution in [2.45, 2.75) is 18.0 Å². The van der Waals surface area contributed by atoms with Crippen LogP contribution < -0.4 is 0 Å². The molecule has 5 nitrogen and oxygen atoms in total. The van der Waals surface area contributed by atoms with Gasteiger partial charge in [0.15, 0.2) is 15.7 Å². The van der Waals surface area contributed by atoms with Crippen molar-refractivity contribution in [3.05, 3.63) is 42.1 Å². The molecule has 0 spiro atoms. The van der Waals surface area contributed by atoms with Crippen molar-refractivity contribution < 1.29 is 21.6 Å². The number of pyridine rings is 1. The van der Waals surface area contributed by atoms with Crippen LogP contribution in [0.5, 0.6) is 0 Å². The van der Waals surface area contributed by atoms with E-state index in [1.807, 2.05) is 0 Å². The van der Waals surface area contributed by atoms with Crippen molar-refractivity contribution in [3.8, 4) is 11.5 Å². The van der Waals surface area contributed by atoms with Gasteiger partial charge in [-0.25, -0.2) is 13.4 Å². The second-order valence-corrected chi connectivity index (χ2v) is 7.70. The van der Waals surface area contributed by atoms with Gasteiger partial charge in [-0.1, -0.05) is 6.92 Å². The van der Waals surface area contributed by atoms with E-state index in [-0.39, 0.29) is 27.7 Å². The Kier molecular flexibility index (Phi) is 4.06. The van der Waals surface area contributed by atoms with Gasteiger partial charge in [-0.2, -0.15) is 13.2 Å². The molecule has 3 rings (SSSR count).